The molecule has 0 saturated carbocycles. The minimum absolute atomic E-state index is 1.24. The summed E-state index contributed by atoms with van der Waals surface area (Å²) in [4.78, 5) is 0. The summed E-state index contributed by atoms with van der Waals surface area (Å²) in [6, 6.07) is 25.7. The normalized spacial score (nSPS) is 11.0. The molecule has 2 heterocycles. The zero-order valence-corrected chi connectivity index (χ0v) is 11.0. The highest BCUT2D eigenvalue weighted by atomic mass is 14.8. The van der Waals surface area contributed by atoms with Gasteiger partial charge in [0.2, 0.25) is 5.52 Å². The maximum absolute atomic E-state index is 2.28. The fraction of sp³-hybridized carbons (Fsp3) is 0. The lowest BCUT2D eigenvalue weighted by atomic mass is 10.0. The summed E-state index contributed by atoms with van der Waals surface area (Å²) in [7, 11) is 0. The van der Waals surface area contributed by atoms with Gasteiger partial charge in [-0.3, -0.25) is 0 Å². The van der Waals surface area contributed by atoms with Crippen molar-refractivity contribution >= 4 is 16.3 Å². The third-order valence-corrected chi connectivity index (χ3v) is 3.74. The van der Waals surface area contributed by atoms with Crippen LogP contribution in [0.3, 0.4) is 0 Å². The average Bonchev–Trinajstić information content (AvgIpc) is 2.55. The van der Waals surface area contributed by atoms with Gasteiger partial charge in [-0.15, -0.1) is 0 Å². The van der Waals surface area contributed by atoms with Gasteiger partial charge < -0.3 is 0 Å². The molecular formula is C19H14N+. The van der Waals surface area contributed by atoms with Gasteiger partial charge in [0, 0.05) is 18.2 Å². The largest absolute Gasteiger partial charge is 0.218 e. The van der Waals surface area contributed by atoms with Crippen molar-refractivity contribution in [3.8, 4) is 11.1 Å². The van der Waals surface area contributed by atoms with Gasteiger partial charge >= 0.3 is 0 Å². The zero-order chi connectivity index (χ0) is 13.4. The second-order valence-electron chi connectivity index (χ2n) is 4.98. The summed E-state index contributed by atoms with van der Waals surface area (Å²) >= 11 is 0. The summed E-state index contributed by atoms with van der Waals surface area (Å²) < 4.78 is 2.16. The second kappa shape index (κ2) is 4.46. The molecule has 0 amide bonds. The maximum atomic E-state index is 2.28. The van der Waals surface area contributed by atoms with Crippen LogP contribution in [0.5, 0.6) is 0 Å². The van der Waals surface area contributed by atoms with E-state index < -0.39 is 0 Å². The van der Waals surface area contributed by atoms with Crippen LogP contribution in [0.25, 0.3) is 27.4 Å². The number of hydrogen-bond acceptors (Lipinski definition) is 0. The first kappa shape index (κ1) is 11.2. The first-order chi connectivity index (χ1) is 9.92. The van der Waals surface area contributed by atoms with E-state index in [1.54, 1.807) is 0 Å². The van der Waals surface area contributed by atoms with Crippen molar-refractivity contribution in [3.05, 3.63) is 85.2 Å². The van der Waals surface area contributed by atoms with Gasteiger partial charge in [0.15, 0.2) is 12.4 Å². The molecule has 0 bridgehead atoms. The highest BCUT2D eigenvalue weighted by Crippen LogP contribution is 2.25. The molecule has 2 aromatic heterocycles. The SMILES string of the molecule is c1ccc(-c2ccc3cc[n+]4ccccc4c3c2)cc1. The molecule has 4 aromatic rings. The smallest absolute Gasteiger partial charge is 0.167 e. The van der Waals surface area contributed by atoms with E-state index in [2.05, 4.69) is 89.6 Å². The van der Waals surface area contributed by atoms with E-state index in [4.69, 9.17) is 0 Å². The third kappa shape index (κ3) is 1.76. The van der Waals surface area contributed by atoms with Gasteiger partial charge in [-0.1, -0.05) is 42.5 Å². The summed E-state index contributed by atoms with van der Waals surface area (Å²) in [6.07, 6.45) is 4.20. The van der Waals surface area contributed by atoms with Crippen LogP contribution in [0.4, 0.5) is 0 Å². The van der Waals surface area contributed by atoms with Gasteiger partial charge in [-0.25, -0.2) is 0 Å². The van der Waals surface area contributed by atoms with Crippen LogP contribution >= 0.6 is 0 Å². The summed E-state index contributed by atoms with van der Waals surface area (Å²) in [5, 5.41) is 2.56. The lowest BCUT2D eigenvalue weighted by Crippen LogP contribution is -2.19. The Balaban J connectivity index is 2.05. The zero-order valence-electron chi connectivity index (χ0n) is 11.0. The molecule has 0 radical (unpaired) electrons. The Morgan fingerprint density at radius 3 is 2.35 bits per heavy atom. The number of benzene rings is 2. The monoisotopic (exact) mass is 256 g/mol. The van der Waals surface area contributed by atoms with Crippen molar-refractivity contribution in [2.24, 2.45) is 0 Å². The standard InChI is InChI=1S/C19H14N/c1-2-6-15(7-3-1)17-10-9-16-11-13-20-12-5-4-8-19(20)18(16)14-17/h1-14H/q+1. The highest BCUT2D eigenvalue weighted by Gasteiger charge is 2.07. The second-order valence-corrected chi connectivity index (χ2v) is 4.98. The van der Waals surface area contributed by atoms with Crippen LogP contribution in [0.1, 0.15) is 0 Å². The van der Waals surface area contributed by atoms with E-state index in [1.165, 1.54) is 27.4 Å². The Labute approximate surface area is 117 Å². The lowest BCUT2D eigenvalue weighted by Gasteiger charge is -2.04. The van der Waals surface area contributed by atoms with Crippen molar-refractivity contribution in [3.63, 3.8) is 0 Å². The van der Waals surface area contributed by atoms with E-state index in [9.17, 15) is 0 Å². The molecule has 0 atom stereocenters. The molecule has 0 N–H and O–H groups in total. The molecule has 0 fully saturated rings. The fourth-order valence-corrected chi connectivity index (χ4v) is 2.71. The van der Waals surface area contributed by atoms with Gasteiger partial charge in [0.25, 0.3) is 0 Å². The number of aromatic nitrogens is 1. The predicted molar refractivity (Wildman–Crippen MR) is 82.5 cm³/mol. The molecule has 0 aliphatic heterocycles. The van der Waals surface area contributed by atoms with E-state index in [1.807, 2.05) is 0 Å². The molecule has 2 aromatic carbocycles. The van der Waals surface area contributed by atoms with Crippen LogP contribution in [0.15, 0.2) is 85.2 Å². The van der Waals surface area contributed by atoms with Crippen LogP contribution in [0.2, 0.25) is 0 Å². The van der Waals surface area contributed by atoms with E-state index >= 15 is 0 Å². The van der Waals surface area contributed by atoms with Gasteiger partial charge in [0.05, 0.1) is 5.39 Å². The minimum Gasteiger partial charge on any atom is -0.167 e. The molecule has 0 aliphatic carbocycles. The number of fused-ring (bicyclic) bond motifs is 3. The van der Waals surface area contributed by atoms with Crippen LogP contribution < -0.4 is 4.40 Å². The van der Waals surface area contributed by atoms with E-state index in [-0.39, 0.29) is 0 Å². The Bertz CT molecular complexity index is 895. The fourth-order valence-electron chi connectivity index (χ4n) is 2.71. The summed E-state index contributed by atoms with van der Waals surface area (Å²) in [5.41, 5.74) is 3.75. The molecular weight excluding hydrogens is 242 g/mol. The predicted octanol–water partition coefficient (Wildman–Crippen LogP) is 4.25. The number of nitrogens with zero attached hydrogens (tertiary/aromatic N) is 1. The molecule has 4 rings (SSSR count). The lowest BCUT2D eigenvalue weighted by molar-refractivity contribution is -0.510. The van der Waals surface area contributed by atoms with Crippen molar-refractivity contribution < 1.29 is 4.40 Å². The van der Waals surface area contributed by atoms with Crippen molar-refractivity contribution in [2.45, 2.75) is 0 Å². The topological polar surface area (TPSA) is 4.10 Å². The number of rotatable bonds is 1. The van der Waals surface area contributed by atoms with Crippen LogP contribution in [0, 0.1) is 0 Å². The number of hydrogen-bond donors (Lipinski definition) is 0. The molecule has 0 saturated heterocycles. The Morgan fingerprint density at radius 1 is 0.600 bits per heavy atom. The van der Waals surface area contributed by atoms with Crippen molar-refractivity contribution in [1.29, 1.82) is 0 Å². The summed E-state index contributed by atoms with van der Waals surface area (Å²) in [5.74, 6) is 0. The van der Waals surface area contributed by atoms with Gasteiger partial charge in [-0.05, 0) is 28.6 Å². The molecule has 1 nitrogen and oxygen atoms in total. The molecule has 0 spiro atoms. The van der Waals surface area contributed by atoms with E-state index in [0.29, 0.717) is 0 Å². The van der Waals surface area contributed by atoms with Crippen LogP contribution in [-0.2, 0) is 0 Å². The molecule has 94 valence electrons. The van der Waals surface area contributed by atoms with Gasteiger partial charge in [0.1, 0.15) is 0 Å². The van der Waals surface area contributed by atoms with Crippen LogP contribution in [-0.4, -0.2) is 0 Å². The Hall–Kier alpha value is -2.67. The Kier molecular flexibility index (Phi) is 2.49. The van der Waals surface area contributed by atoms with Gasteiger partial charge in [-0.2, -0.15) is 4.40 Å². The minimum atomic E-state index is 1.24. The molecule has 0 aliphatic rings. The number of pyridine rings is 2. The van der Waals surface area contributed by atoms with Crippen molar-refractivity contribution in [2.75, 3.05) is 0 Å². The van der Waals surface area contributed by atoms with E-state index in [0.717, 1.165) is 0 Å². The summed E-state index contributed by atoms with van der Waals surface area (Å²) in [6.45, 7) is 0. The first-order valence-corrected chi connectivity index (χ1v) is 6.80. The average molecular weight is 256 g/mol. The molecule has 0 unspecified atom stereocenters. The highest BCUT2D eigenvalue weighted by molar-refractivity contribution is 5.96. The Morgan fingerprint density at radius 2 is 1.45 bits per heavy atom. The van der Waals surface area contributed by atoms with Crippen molar-refractivity contribution in [1.82, 2.24) is 0 Å². The quantitative estimate of drug-likeness (QED) is 0.354. The molecule has 1 heteroatoms. The maximum Gasteiger partial charge on any atom is 0.218 e. The molecule has 20 heavy (non-hydrogen) atoms. The first-order valence-electron chi connectivity index (χ1n) is 6.80. The third-order valence-electron chi connectivity index (χ3n) is 3.74.